The zero-order valence-corrected chi connectivity index (χ0v) is 17.9. The van der Waals surface area contributed by atoms with Gasteiger partial charge in [0, 0.05) is 39.2 Å². The molecule has 0 aromatic heterocycles. The molecule has 0 aromatic carbocycles. The van der Waals surface area contributed by atoms with E-state index in [1.807, 2.05) is 6.92 Å². The molecule has 0 heterocycles. The van der Waals surface area contributed by atoms with Crippen LogP contribution in [0.25, 0.3) is 0 Å². The predicted octanol–water partition coefficient (Wildman–Crippen LogP) is 1.22. The molecular formula is C13H30NO7S2Si-. The average Bonchev–Trinajstić information content (AvgIpc) is 2.50. The van der Waals surface area contributed by atoms with Crippen molar-refractivity contribution in [1.82, 2.24) is 5.32 Å². The predicted molar refractivity (Wildman–Crippen MR) is 95.9 cm³/mol. The highest BCUT2D eigenvalue weighted by Gasteiger charge is 2.36. The third-order valence-corrected chi connectivity index (χ3v) is 8.99. The van der Waals surface area contributed by atoms with Crippen LogP contribution in [0.1, 0.15) is 27.2 Å². The first kappa shape index (κ1) is 24.3. The maximum absolute atomic E-state index is 11.0. The van der Waals surface area contributed by atoms with E-state index in [0.29, 0.717) is 0 Å². The molecule has 0 rings (SSSR count). The lowest BCUT2D eigenvalue weighted by atomic mass is 10.4. The van der Waals surface area contributed by atoms with Crippen molar-refractivity contribution in [3.8, 4) is 0 Å². The van der Waals surface area contributed by atoms with Crippen LogP contribution in [-0.2, 0) is 28.1 Å². The molecule has 0 aliphatic carbocycles. The van der Waals surface area contributed by atoms with Gasteiger partial charge in [-0.2, -0.15) is 11.8 Å². The zero-order valence-electron chi connectivity index (χ0n) is 15.3. The summed E-state index contributed by atoms with van der Waals surface area (Å²) in [6.45, 7) is 4.46. The third kappa shape index (κ3) is 8.58. The van der Waals surface area contributed by atoms with Crippen molar-refractivity contribution in [1.29, 1.82) is 0 Å². The molecular weight excluding hydrogens is 374 g/mol. The number of ether oxygens (including phenoxy) is 1. The van der Waals surface area contributed by atoms with Crippen LogP contribution in [-0.4, -0.2) is 72.3 Å². The van der Waals surface area contributed by atoms with Gasteiger partial charge in [0.25, 0.3) is 0 Å². The molecule has 24 heavy (non-hydrogen) atoms. The van der Waals surface area contributed by atoms with Gasteiger partial charge in [0.1, 0.15) is 10.1 Å². The first-order chi connectivity index (χ1) is 11.0. The highest BCUT2D eigenvalue weighted by atomic mass is 32.2. The number of thioether (sulfide) groups is 1. The van der Waals surface area contributed by atoms with Gasteiger partial charge in [-0.3, -0.25) is 5.32 Å². The second-order valence-electron chi connectivity index (χ2n) is 5.72. The van der Waals surface area contributed by atoms with Gasteiger partial charge in [0.05, 0.1) is 6.73 Å². The molecule has 1 atom stereocenters. The maximum atomic E-state index is 11.0. The van der Waals surface area contributed by atoms with Crippen LogP contribution in [0, 0.1) is 0 Å². The van der Waals surface area contributed by atoms with Crippen LogP contribution in [0.2, 0.25) is 6.04 Å². The van der Waals surface area contributed by atoms with E-state index in [4.69, 9.17) is 18.0 Å². The Morgan fingerprint density at radius 3 is 2.21 bits per heavy atom. The van der Waals surface area contributed by atoms with Crippen LogP contribution in [0.4, 0.5) is 0 Å². The monoisotopic (exact) mass is 404 g/mol. The van der Waals surface area contributed by atoms with Crippen molar-refractivity contribution in [3.05, 3.63) is 0 Å². The fraction of sp³-hybridized carbons (Fsp3) is 1.00. The van der Waals surface area contributed by atoms with Gasteiger partial charge >= 0.3 is 8.80 Å². The second-order valence-corrected chi connectivity index (χ2v) is 11.9. The molecule has 146 valence electrons. The molecule has 0 bridgehead atoms. The molecule has 0 aliphatic heterocycles. The summed E-state index contributed by atoms with van der Waals surface area (Å²) in [7, 11) is -2.19. The Morgan fingerprint density at radius 2 is 1.75 bits per heavy atom. The molecule has 8 nitrogen and oxygen atoms in total. The first-order valence-corrected chi connectivity index (χ1v) is 12.1. The van der Waals surface area contributed by atoms with Gasteiger partial charge in [-0.1, -0.05) is 0 Å². The van der Waals surface area contributed by atoms with Crippen molar-refractivity contribution in [2.45, 2.75) is 44.2 Å². The summed E-state index contributed by atoms with van der Waals surface area (Å²) in [6.07, 6.45) is 0.914. The smallest absolute Gasteiger partial charge is 0.500 e. The number of rotatable bonds is 14. The molecule has 0 fully saturated rings. The normalized spacial score (nSPS) is 14.8. The van der Waals surface area contributed by atoms with E-state index < -0.39 is 23.9 Å². The molecule has 0 amide bonds. The standard InChI is InChI=1S/C13H31NO7S2Si/c1-12(14-11-21-13(2,3)23(15,16)17)10-22-8-7-9-24(18-4,19-5)20-6/h12,14H,7-11H2,1-6H3,(H,15,16,17)/p-1. The van der Waals surface area contributed by atoms with Gasteiger partial charge in [0.2, 0.25) is 0 Å². The molecule has 0 aliphatic rings. The largest absolute Gasteiger partial charge is 0.746 e. The lowest BCUT2D eigenvalue weighted by Crippen LogP contribution is -2.42. The SMILES string of the molecule is CO[Si](CCCSCC(C)NCOC(C)(C)S(=O)(=O)[O-])(OC)OC. The topological polar surface area (TPSA) is 106 Å². The molecule has 0 saturated carbocycles. The van der Waals surface area contributed by atoms with Crippen molar-refractivity contribution in [3.63, 3.8) is 0 Å². The van der Waals surface area contributed by atoms with Crippen molar-refractivity contribution >= 4 is 30.7 Å². The van der Waals surface area contributed by atoms with Crippen molar-refractivity contribution in [2.24, 2.45) is 0 Å². The van der Waals surface area contributed by atoms with E-state index in [-0.39, 0.29) is 12.8 Å². The van der Waals surface area contributed by atoms with E-state index in [1.54, 1.807) is 33.1 Å². The summed E-state index contributed by atoms with van der Waals surface area (Å²) in [5.41, 5.74) is 0. The Hall–Kier alpha value is 0.277. The number of hydrogen-bond donors (Lipinski definition) is 1. The fourth-order valence-electron chi connectivity index (χ4n) is 1.70. The lowest BCUT2D eigenvalue weighted by Gasteiger charge is -2.29. The van der Waals surface area contributed by atoms with Crippen LogP contribution in [0.3, 0.4) is 0 Å². The summed E-state index contributed by atoms with van der Waals surface area (Å²) < 4.78 is 54.2. The summed E-state index contributed by atoms with van der Waals surface area (Å²) in [5, 5.41) is 3.04. The van der Waals surface area contributed by atoms with Crippen LogP contribution in [0.5, 0.6) is 0 Å². The lowest BCUT2D eigenvalue weighted by molar-refractivity contribution is 0.0223. The quantitative estimate of drug-likeness (QED) is 0.198. The van der Waals surface area contributed by atoms with Crippen molar-refractivity contribution < 1.29 is 31.0 Å². The van der Waals surface area contributed by atoms with E-state index in [0.717, 1.165) is 24.0 Å². The van der Waals surface area contributed by atoms with Gasteiger partial charge in [-0.05, 0) is 32.9 Å². The maximum Gasteiger partial charge on any atom is 0.500 e. The minimum absolute atomic E-state index is 0.00322. The Kier molecular flexibility index (Phi) is 11.2. The zero-order chi connectivity index (χ0) is 18.9. The highest BCUT2D eigenvalue weighted by molar-refractivity contribution is 7.99. The summed E-state index contributed by atoms with van der Waals surface area (Å²) in [5.74, 6) is 1.76. The van der Waals surface area contributed by atoms with Gasteiger partial charge in [0.15, 0.2) is 4.93 Å². The Balaban J connectivity index is 3.91. The van der Waals surface area contributed by atoms with Crippen LogP contribution >= 0.6 is 11.8 Å². The highest BCUT2D eigenvalue weighted by Crippen LogP contribution is 2.18. The molecule has 1 unspecified atom stereocenters. The van der Waals surface area contributed by atoms with E-state index in [1.165, 1.54) is 13.8 Å². The molecule has 0 spiro atoms. The van der Waals surface area contributed by atoms with Gasteiger partial charge in [-0.15, -0.1) is 0 Å². The minimum atomic E-state index is -4.50. The summed E-state index contributed by atoms with van der Waals surface area (Å²) in [4.78, 5) is -1.73. The Morgan fingerprint density at radius 1 is 1.21 bits per heavy atom. The Bertz CT molecular complexity index is 435. The molecule has 11 heteroatoms. The van der Waals surface area contributed by atoms with Crippen LogP contribution < -0.4 is 5.32 Å². The summed E-state index contributed by atoms with van der Waals surface area (Å²) >= 11 is 1.75. The third-order valence-electron chi connectivity index (χ3n) is 3.53. The molecule has 0 aromatic rings. The first-order valence-electron chi connectivity index (χ1n) is 7.59. The Labute approximate surface area is 151 Å². The van der Waals surface area contributed by atoms with E-state index in [2.05, 4.69) is 5.32 Å². The summed E-state index contributed by atoms with van der Waals surface area (Å²) in [6, 6.07) is 0.874. The second kappa shape index (κ2) is 11.1. The molecule has 0 radical (unpaired) electrons. The average molecular weight is 405 g/mol. The van der Waals surface area contributed by atoms with Gasteiger partial charge in [-0.25, -0.2) is 8.42 Å². The number of nitrogens with one attached hydrogen (secondary N) is 1. The van der Waals surface area contributed by atoms with Crippen molar-refractivity contribution in [2.75, 3.05) is 39.6 Å². The molecule has 0 saturated heterocycles. The molecule has 1 N–H and O–H groups in total. The van der Waals surface area contributed by atoms with E-state index >= 15 is 0 Å². The van der Waals surface area contributed by atoms with E-state index in [9.17, 15) is 13.0 Å². The fourth-order valence-corrected chi connectivity index (χ4v) is 4.86. The minimum Gasteiger partial charge on any atom is -0.746 e. The number of hydrogen-bond acceptors (Lipinski definition) is 9. The van der Waals surface area contributed by atoms with Crippen LogP contribution in [0.15, 0.2) is 0 Å². The van der Waals surface area contributed by atoms with Gasteiger partial charge < -0.3 is 22.6 Å².